The van der Waals surface area contributed by atoms with Crippen molar-refractivity contribution in [3.8, 4) is 11.1 Å². The third-order valence-corrected chi connectivity index (χ3v) is 6.04. The largest absolute Gasteiger partial charge is 0.384 e. The van der Waals surface area contributed by atoms with Crippen LogP contribution < -0.4 is 5.56 Å². The molecule has 0 aliphatic rings. The average Bonchev–Trinajstić information content (AvgIpc) is 3.21. The number of carbonyl (C=O) groups is 1. The van der Waals surface area contributed by atoms with Crippen LogP contribution in [-0.4, -0.2) is 29.1 Å². The number of aryl methyl sites for hydroxylation is 1. The van der Waals surface area contributed by atoms with Gasteiger partial charge in [-0.2, -0.15) is 0 Å². The van der Waals surface area contributed by atoms with Crippen molar-refractivity contribution in [1.29, 1.82) is 0 Å². The van der Waals surface area contributed by atoms with E-state index < -0.39 is 0 Å². The van der Waals surface area contributed by atoms with E-state index >= 15 is 0 Å². The van der Waals surface area contributed by atoms with Crippen molar-refractivity contribution in [2.24, 2.45) is 0 Å². The van der Waals surface area contributed by atoms with Gasteiger partial charge in [0.05, 0.1) is 18.5 Å². The van der Waals surface area contributed by atoms with Crippen LogP contribution in [0.3, 0.4) is 0 Å². The lowest BCUT2D eigenvalue weighted by Crippen LogP contribution is -2.29. The summed E-state index contributed by atoms with van der Waals surface area (Å²) < 4.78 is 20.2. The van der Waals surface area contributed by atoms with Crippen molar-refractivity contribution >= 4 is 27.3 Å². The molecule has 0 aliphatic heterocycles. The molecule has 4 aromatic rings. The first kappa shape index (κ1) is 21.1. The summed E-state index contributed by atoms with van der Waals surface area (Å²) in [5, 5.41) is 2.42. The fourth-order valence-electron chi connectivity index (χ4n) is 3.50. The van der Waals surface area contributed by atoms with Crippen LogP contribution in [0, 0.1) is 12.7 Å². The number of hydrogen-bond acceptors (Lipinski definition) is 5. The van der Waals surface area contributed by atoms with E-state index in [9.17, 15) is 14.0 Å². The highest BCUT2D eigenvalue weighted by Crippen LogP contribution is 2.31. The number of halogens is 1. The molecule has 0 unspecified atom stereocenters. The lowest BCUT2D eigenvalue weighted by Gasteiger charge is -2.13. The summed E-state index contributed by atoms with van der Waals surface area (Å²) in [6.07, 6.45) is 0.399. The number of thiophene rings is 1. The van der Waals surface area contributed by atoms with E-state index in [2.05, 4.69) is 4.98 Å². The van der Waals surface area contributed by atoms with Gasteiger partial charge in [-0.25, -0.2) is 9.37 Å². The first-order chi connectivity index (χ1) is 15.0. The van der Waals surface area contributed by atoms with Gasteiger partial charge >= 0.3 is 0 Å². The molecule has 0 amide bonds. The smallest absolute Gasteiger partial charge is 0.263 e. The Kier molecular flexibility index (Phi) is 6.06. The molecule has 0 saturated carbocycles. The van der Waals surface area contributed by atoms with Crippen LogP contribution >= 0.6 is 11.3 Å². The summed E-state index contributed by atoms with van der Waals surface area (Å²) >= 11 is 1.41. The fourth-order valence-corrected chi connectivity index (χ4v) is 4.45. The molecule has 0 N–H and O–H groups in total. The molecule has 0 bridgehead atoms. The standard InChI is InChI=1S/C24H21FN2O3S/c1-15-12-17(8-9-19(15)25)20(28)13-27-21(10-11-30-2)26-23-22(24(27)29)18(14-31-23)16-6-4-3-5-7-16/h3-9,12,14H,10-11,13H2,1-2H3. The third kappa shape index (κ3) is 4.19. The summed E-state index contributed by atoms with van der Waals surface area (Å²) in [6, 6.07) is 13.8. The van der Waals surface area contributed by atoms with E-state index in [1.165, 1.54) is 34.1 Å². The summed E-state index contributed by atoms with van der Waals surface area (Å²) in [7, 11) is 1.58. The number of carbonyl (C=O) groups excluding carboxylic acids is 1. The molecule has 2 aromatic carbocycles. The second-order valence-electron chi connectivity index (χ2n) is 7.24. The maximum atomic E-state index is 13.6. The molecular weight excluding hydrogens is 415 g/mol. The Balaban J connectivity index is 1.83. The van der Waals surface area contributed by atoms with Crippen LogP contribution in [0.5, 0.6) is 0 Å². The highest BCUT2D eigenvalue weighted by molar-refractivity contribution is 7.17. The Labute approximate surface area is 182 Å². The van der Waals surface area contributed by atoms with Gasteiger partial charge in [0.25, 0.3) is 5.56 Å². The fraction of sp³-hybridized carbons (Fsp3) is 0.208. The highest BCUT2D eigenvalue weighted by atomic mass is 32.1. The second kappa shape index (κ2) is 8.91. The van der Waals surface area contributed by atoms with Gasteiger partial charge in [-0.15, -0.1) is 11.3 Å². The topological polar surface area (TPSA) is 61.2 Å². The Morgan fingerprint density at radius 3 is 2.68 bits per heavy atom. The van der Waals surface area contributed by atoms with Crippen LogP contribution in [0.15, 0.2) is 58.7 Å². The van der Waals surface area contributed by atoms with Crippen molar-refractivity contribution in [2.45, 2.75) is 19.9 Å². The molecule has 31 heavy (non-hydrogen) atoms. The number of methoxy groups -OCH3 is 1. The molecule has 0 saturated heterocycles. The summed E-state index contributed by atoms with van der Waals surface area (Å²) in [6.45, 7) is 1.81. The third-order valence-electron chi connectivity index (χ3n) is 5.17. The number of aromatic nitrogens is 2. The van der Waals surface area contributed by atoms with Gasteiger partial charge in [-0.05, 0) is 36.2 Å². The van der Waals surface area contributed by atoms with Crippen LogP contribution in [0.25, 0.3) is 21.3 Å². The van der Waals surface area contributed by atoms with E-state index in [-0.39, 0.29) is 23.7 Å². The van der Waals surface area contributed by atoms with Crippen molar-refractivity contribution in [3.05, 3.63) is 87.0 Å². The Morgan fingerprint density at radius 2 is 1.97 bits per heavy atom. The molecule has 0 radical (unpaired) electrons. The SMILES string of the molecule is COCCc1nc2scc(-c3ccccc3)c2c(=O)n1CC(=O)c1ccc(F)c(C)c1. The molecule has 4 rings (SSSR count). The molecular formula is C24H21FN2O3S. The van der Waals surface area contributed by atoms with Crippen LogP contribution in [0.1, 0.15) is 21.7 Å². The quantitative estimate of drug-likeness (QED) is 0.396. The molecule has 0 spiro atoms. The molecule has 7 heteroatoms. The van der Waals surface area contributed by atoms with Gasteiger partial charge in [0.2, 0.25) is 0 Å². The molecule has 2 heterocycles. The zero-order valence-electron chi connectivity index (χ0n) is 17.2. The zero-order valence-corrected chi connectivity index (χ0v) is 18.0. The Morgan fingerprint density at radius 1 is 1.19 bits per heavy atom. The Hall–Kier alpha value is -3.16. The monoisotopic (exact) mass is 436 g/mol. The van der Waals surface area contributed by atoms with Crippen LogP contribution in [-0.2, 0) is 17.7 Å². The number of Topliss-reactive ketones (excluding diaryl/α,β-unsaturated/α-hetero) is 1. The van der Waals surface area contributed by atoms with E-state index in [0.717, 1.165) is 11.1 Å². The van der Waals surface area contributed by atoms with Crippen LogP contribution in [0.2, 0.25) is 0 Å². The maximum Gasteiger partial charge on any atom is 0.263 e. The van der Waals surface area contributed by atoms with E-state index in [1.807, 2.05) is 35.7 Å². The van der Waals surface area contributed by atoms with Gasteiger partial charge in [-0.3, -0.25) is 14.2 Å². The summed E-state index contributed by atoms with van der Waals surface area (Å²) in [5.74, 6) is -0.155. The van der Waals surface area contributed by atoms with E-state index in [1.54, 1.807) is 14.0 Å². The second-order valence-corrected chi connectivity index (χ2v) is 8.10. The predicted octanol–water partition coefficient (Wildman–Crippen LogP) is 4.64. The molecule has 0 fully saturated rings. The summed E-state index contributed by atoms with van der Waals surface area (Å²) in [5.41, 5.74) is 2.20. The van der Waals surface area contributed by atoms with Gasteiger partial charge in [0, 0.05) is 30.0 Å². The molecule has 2 aromatic heterocycles. The number of ketones is 1. The van der Waals surface area contributed by atoms with Gasteiger partial charge in [0.1, 0.15) is 16.5 Å². The number of ether oxygens (including phenoxy) is 1. The minimum Gasteiger partial charge on any atom is -0.384 e. The maximum absolute atomic E-state index is 13.6. The van der Waals surface area contributed by atoms with Crippen molar-refractivity contribution in [2.75, 3.05) is 13.7 Å². The van der Waals surface area contributed by atoms with Crippen molar-refractivity contribution in [1.82, 2.24) is 9.55 Å². The number of fused-ring (bicyclic) bond motifs is 1. The molecule has 5 nitrogen and oxygen atoms in total. The van der Waals surface area contributed by atoms with Crippen molar-refractivity contribution < 1.29 is 13.9 Å². The number of nitrogens with zero attached hydrogens (tertiary/aromatic N) is 2. The van der Waals surface area contributed by atoms with E-state index in [0.29, 0.717) is 40.2 Å². The lowest BCUT2D eigenvalue weighted by atomic mass is 10.1. The average molecular weight is 437 g/mol. The Bertz CT molecular complexity index is 1310. The normalized spacial score (nSPS) is 11.2. The minimum atomic E-state index is -0.372. The first-order valence-electron chi connectivity index (χ1n) is 9.84. The van der Waals surface area contributed by atoms with Crippen LogP contribution in [0.4, 0.5) is 4.39 Å². The zero-order chi connectivity index (χ0) is 22.0. The van der Waals surface area contributed by atoms with E-state index in [4.69, 9.17) is 4.74 Å². The van der Waals surface area contributed by atoms with Gasteiger partial charge < -0.3 is 4.74 Å². The molecule has 0 aliphatic carbocycles. The number of benzene rings is 2. The van der Waals surface area contributed by atoms with Gasteiger partial charge in [0.15, 0.2) is 5.78 Å². The molecule has 158 valence electrons. The number of rotatable bonds is 7. The van der Waals surface area contributed by atoms with Crippen molar-refractivity contribution in [3.63, 3.8) is 0 Å². The summed E-state index contributed by atoms with van der Waals surface area (Å²) in [4.78, 5) is 31.8. The lowest BCUT2D eigenvalue weighted by molar-refractivity contribution is 0.0968. The predicted molar refractivity (Wildman–Crippen MR) is 120 cm³/mol. The van der Waals surface area contributed by atoms with Gasteiger partial charge in [-0.1, -0.05) is 30.3 Å². The minimum absolute atomic E-state index is 0.171. The first-order valence-corrected chi connectivity index (χ1v) is 10.7. The molecule has 0 atom stereocenters. The highest BCUT2D eigenvalue weighted by Gasteiger charge is 2.19. The number of hydrogen-bond donors (Lipinski definition) is 0.